The average Bonchev–Trinajstić information content (AvgIpc) is 3.18. The number of hydrogen-bond donors (Lipinski definition) is 1. The number of halogens is 1. The first-order chi connectivity index (χ1) is 14.0. The maximum Gasteiger partial charge on any atom is 1.00 e. The minimum Gasteiger partial charge on any atom is -0.545 e. The minimum atomic E-state index is -1.23. The van der Waals surface area contributed by atoms with Crippen LogP contribution in [0.1, 0.15) is 29.2 Å². The molecule has 150 valence electrons. The summed E-state index contributed by atoms with van der Waals surface area (Å²) in [6.07, 6.45) is 7.37. The second-order valence-electron chi connectivity index (χ2n) is 7.12. The van der Waals surface area contributed by atoms with Gasteiger partial charge < -0.3 is 20.1 Å². The van der Waals surface area contributed by atoms with Gasteiger partial charge in [0.05, 0.1) is 40.8 Å². The van der Waals surface area contributed by atoms with Gasteiger partial charge in [-0.25, -0.2) is 9.97 Å². The SMILES string of the molecule is CN1CCC(n2cc(Nc3ncc(Cl)c(-c4ccc(C(=O)[O-])cc4)n3)cn2)CC1.[Li+]. The largest absolute Gasteiger partial charge is 1.00 e. The number of piperidine rings is 1. The third kappa shape index (κ3) is 5.02. The predicted molar refractivity (Wildman–Crippen MR) is 108 cm³/mol. The van der Waals surface area contributed by atoms with Crippen molar-refractivity contribution in [3.8, 4) is 11.3 Å². The summed E-state index contributed by atoms with van der Waals surface area (Å²) in [5.41, 5.74) is 2.09. The molecule has 1 N–H and O–H groups in total. The molecule has 1 aliphatic heterocycles. The third-order valence-corrected chi connectivity index (χ3v) is 5.33. The van der Waals surface area contributed by atoms with E-state index >= 15 is 0 Å². The molecule has 0 atom stereocenters. The van der Waals surface area contributed by atoms with E-state index in [9.17, 15) is 9.90 Å². The van der Waals surface area contributed by atoms with Crippen LogP contribution >= 0.6 is 11.6 Å². The summed E-state index contributed by atoms with van der Waals surface area (Å²) in [4.78, 5) is 22.0. The van der Waals surface area contributed by atoms with E-state index in [1.165, 1.54) is 18.3 Å². The van der Waals surface area contributed by atoms with E-state index in [0.717, 1.165) is 31.6 Å². The quantitative estimate of drug-likeness (QED) is 0.551. The maximum atomic E-state index is 10.9. The first-order valence-corrected chi connectivity index (χ1v) is 9.71. The fourth-order valence-corrected chi connectivity index (χ4v) is 3.59. The summed E-state index contributed by atoms with van der Waals surface area (Å²) < 4.78 is 1.99. The number of hydrogen-bond acceptors (Lipinski definition) is 7. The molecule has 8 nitrogen and oxygen atoms in total. The number of aromatic nitrogens is 4. The Kier molecular flexibility index (Phi) is 7.16. The normalized spacial score (nSPS) is 14.9. The molecule has 1 fully saturated rings. The summed E-state index contributed by atoms with van der Waals surface area (Å²) in [7, 11) is 2.13. The van der Waals surface area contributed by atoms with Gasteiger partial charge in [0, 0.05) is 11.8 Å². The number of carboxylic acid groups (broad SMARTS) is 1. The molecule has 30 heavy (non-hydrogen) atoms. The van der Waals surface area contributed by atoms with E-state index in [4.69, 9.17) is 11.6 Å². The number of aromatic carboxylic acids is 1. The Balaban J connectivity index is 0.00000256. The van der Waals surface area contributed by atoms with Gasteiger partial charge in [-0.2, -0.15) is 5.10 Å². The summed E-state index contributed by atoms with van der Waals surface area (Å²) in [6, 6.07) is 6.59. The van der Waals surface area contributed by atoms with Gasteiger partial charge in [0.25, 0.3) is 0 Å². The summed E-state index contributed by atoms with van der Waals surface area (Å²) >= 11 is 6.25. The molecule has 0 bridgehead atoms. The van der Waals surface area contributed by atoms with E-state index in [1.54, 1.807) is 18.3 Å². The van der Waals surface area contributed by atoms with Gasteiger partial charge >= 0.3 is 18.9 Å². The number of carbonyl (C=O) groups is 1. The molecule has 4 rings (SSSR count). The monoisotopic (exact) mass is 418 g/mol. The van der Waals surface area contributed by atoms with Gasteiger partial charge in [-0.3, -0.25) is 4.68 Å². The molecular weight excluding hydrogens is 399 g/mol. The number of anilines is 2. The Morgan fingerprint density at radius 3 is 2.57 bits per heavy atom. The first-order valence-electron chi connectivity index (χ1n) is 9.33. The number of likely N-dealkylation sites (tertiary alicyclic amines) is 1. The Morgan fingerprint density at radius 2 is 1.90 bits per heavy atom. The zero-order chi connectivity index (χ0) is 20.4. The number of rotatable bonds is 5. The molecule has 0 saturated carbocycles. The van der Waals surface area contributed by atoms with Crippen molar-refractivity contribution in [2.45, 2.75) is 18.9 Å². The van der Waals surface area contributed by atoms with Gasteiger partial charge in [-0.05, 0) is 38.5 Å². The fraction of sp³-hybridized carbons (Fsp3) is 0.300. The Morgan fingerprint density at radius 1 is 1.20 bits per heavy atom. The summed E-state index contributed by atoms with van der Waals surface area (Å²) in [5.74, 6) is -0.842. The molecule has 1 aliphatic rings. The van der Waals surface area contributed by atoms with Crippen molar-refractivity contribution in [2.24, 2.45) is 0 Å². The van der Waals surface area contributed by atoms with Crippen LogP contribution < -0.4 is 29.3 Å². The minimum absolute atomic E-state index is 0. The molecule has 1 saturated heterocycles. The Bertz CT molecular complexity index is 1020. The molecule has 0 amide bonds. The number of carboxylic acids is 1. The smallest absolute Gasteiger partial charge is 0.545 e. The van der Waals surface area contributed by atoms with Crippen LogP contribution in [0.4, 0.5) is 11.6 Å². The molecule has 0 radical (unpaired) electrons. The predicted octanol–water partition coefficient (Wildman–Crippen LogP) is -0.629. The van der Waals surface area contributed by atoms with E-state index in [2.05, 4.69) is 32.3 Å². The van der Waals surface area contributed by atoms with Crippen molar-refractivity contribution in [1.82, 2.24) is 24.6 Å². The van der Waals surface area contributed by atoms with Gasteiger partial charge in [0.2, 0.25) is 5.95 Å². The van der Waals surface area contributed by atoms with Crippen LogP contribution in [0.2, 0.25) is 5.02 Å². The van der Waals surface area contributed by atoms with E-state index in [-0.39, 0.29) is 24.4 Å². The van der Waals surface area contributed by atoms with Gasteiger partial charge in [0.1, 0.15) is 0 Å². The second-order valence-corrected chi connectivity index (χ2v) is 7.53. The number of carbonyl (C=O) groups excluding carboxylic acids is 1. The van der Waals surface area contributed by atoms with Crippen LogP contribution in [0.3, 0.4) is 0 Å². The number of nitrogens with zero attached hydrogens (tertiary/aromatic N) is 5. The fourth-order valence-electron chi connectivity index (χ4n) is 3.38. The van der Waals surface area contributed by atoms with Crippen molar-refractivity contribution >= 4 is 29.2 Å². The number of benzene rings is 1. The molecule has 3 heterocycles. The van der Waals surface area contributed by atoms with Crippen molar-refractivity contribution in [1.29, 1.82) is 0 Å². The summed E-state index contributed by atoms with van der Waals surface area (Å²) in [5, 5.41) is 18.9. The van der Waals surface area contributed by atoms with Gasteiger partial charge in [-0.15, -0.1) is 0 Å². The van der Waals surface area contributed by atoms with Crippen molar-refractivity contribution in [3.63, 3.8) is 0 Å². The Labute approximate surface area is 191 Å². The van der Waals surface area contributed by atoms with Crippen LogP contribution in [0, 0.1) is 0 Å². The standard InChI is InChI=1S/C20H21ClN6O2.Li/c1-26-8-6-16(7-9-26)27-12-15(10-23-27)24-20-22-11-17(21)18(25-20)13-2-4-14(5-3-13)19(28)29;/h2-5,10-12,16H,6-9H2,1H3,(H,28,29)(H,22,24,25);/q;+1/p-1. The molecule has 1 aromatic carbocycles. The van der Waals surface area contributed by atoms with Crippen molar-refractivity contribution in [2.75, 3.05) is 25.5 Å². The summed E-state index contributed by atoms with van der Waals surface area (Å²) in [6.45, 7) is 2.13. The molecule has 0 spiro atoms. The molecule has 3 aromatic rings. The first kappa shape index (κ1) is 22.3. The van der Waals surface area contributed by atoms with Crippen LogP contribution in [-0.2, 0) is 0 Å². The molecular formula is C20H20ClLiN6O2. The van der Waals surface area contributed by atoms with E-state index < -0.39 is 5.97 Å². The molecule has 10 heteroatoms. The van der Waals surface area contributed by atoms with Crippen LogP contribution in [0.5, 0.6) is 0 Å². The number of nitrogens with one attached hydrogen (secondary N) is 1. The zero-order valence-corrected chi connectivity index (χ0v) is 17.6. The van der Waals surface area contributed by atoms with E-state index in [0.29, 0.717) is 28.3 Å². The van der Waals surface area contributed by atoms with Gasteiger partial charge in [0.15, 0.2) is 0 Å². The second kappa shape index (κ2) is 9.62. The Hall–Kier alpha value is -2.37. The zero-order valence-electron chi connectivity index (χ0n) is 16.9. The van der Waals surface area contributed by atoms with Crippen LogP contribution in [-0.4, -0.2) is 50.8 Å². The average molecular weight is 419 g/mol. The molecule has 0 unspecified atom stereocenters. The van der Waals surface area contributed by atoms with E-state index in [1.807, 2.05) is 10.9 Å². The van der Waals surface area contributed by atoms with Gasteiger partial charge in [-0.1, -0.05) is 35.9 Å². The van der Waals surface area contributed by atoms with Crippen molar-refractivity contribution < 1.29 is 28.8 Å². The maximum absolute atomic E-state index is 10.9. The molecule has 0 aliphatic carbocycles. The van der Waals surface area contributed by atoms with Crippen LogP contribution in [0.15, 0.2) is 42.9 Å². The topological polar surface area (TPSA) is 99.0 Å². The third-order valence-electron chi connectivity index (χ3n) is 5.06. The van der Waals surface area contributed by atoms with Crippen molar-refractivity contribution in [3.05, 3.63) is 53.4 Å². The van der Waals surface area contributed by atoms with Crippen LogP contribution in [0.25, 0.3) is 11.3 Å². The molecule has 2 aromatic heterocycles.